The molecule has 0 fully saturated rings. The van der Waals surface area contributed by atoms with Crippen molar-refractivity contribution in [3.8, 4) is 0 Å². The lowest BCUT2D eigenvalue weighted by molar-refractivity contribution is -0.150. The van der Waals surface area contributed by atoms with E-state index in [1.165, 1.54) is 238 Å². The Morgan fingerprint density at radius 3 is 1.03 bits per heavy atom. The fourth-order valence-corrected chi connectivity index (χ4v) is 7.96. The number of hydrogen-bond acceptors (Lipinski definition) is 4. The van der Waals surface area contributed by atoms with Crippen LogP contribution in [-0.2, 0) is 19.0 Å². The van der Waals surface area contributed by atoms with Crippen molar-refractivity contribution in [3.63, 3.8) is 0 Å². The Morgan fingerprint density at radius 2 is 0.661 bits per heavy atom. The van der Waals surface area contributed by atoms with Crippen LogP contribution in [0, 0.1) is 0 Å². The molecule has 0 amide bonds. The molecule has 0 aliphatic rings. The molecule has 0 aromatic rings. The lowest BCUT2D eigenvalue weighted by atomic mass is 10.0. The molecule has 59 heavy (non-hydrogen) atoms. The van der Waals surface area contributed by atoms with Crippen LogP contribution in [0.15, 0.2) is 24.3 Å². The third kappa shape index (κ3) is 51.1. The first-order chi connectivity index (χ1) is 29.2. The number of carbonyl (C=O) groups excluding carboxylic acids is 1. The Balaban J connectivity index is 4.13. The molecule has 0 aromatic heterocycles. The second-order valence-corrected chi connectivity index (χ2v) is 18.1. The van der Waals surface area contributed by atoms with Gasteiger partial charge in [-0.3, -0.25) is 4.79 Å². The van der Waals surface area contributed by atoms with Crippen molar-refractivity contribution in [2.75, 3.05) is 26.4 Å². The van der Waals surface area contributed by atoms with Crippen LogP contribution in [0.3, 0.4) is 0 Å². The lowest BCUT2D eigenvalue weighted by Gasteiger charge is -2.18. The molecule has 0 aliphatic heterocycles. The fraction of sp³-hybridized carbons (Fsp3) is 0.909. The van der Waals surface area contributed by atoms with Gasteiger partial charge in [0.05, 0.1) is 6.61 Å². The maximum atomic E-state index is 12.6. The van der Waals surface area contributed by atoms with Gasteiger partial charge < -0.3 is 14.2 Å². The third-order valence-electron chi connectivity index (χ3n) is 12.0. The summed E-state index contributed by atoms with van der Waals surface area (Å²) in [6.45, 7) is 9.18. The van der Waals surface area contributed by atoms with Crippen LogP contribution in [0.2, 0.25) is 0 Å². The monoisotopic (exact) mass is 831 g/mol. The van der Waals surface area contributed by atoms with Crippen LogP contribution in [0.25, 0.3) is 0 Å². The van der Waals surface area contributed by atoms with Crippen molar-refractivity contribution < 1.29 is 19.0 Å². The Hall–Kier alpha value is -1.13. The van der Waals surface area contributed by atoms with Gasteiger partial charge in [-0.1, -0.05) is 238 Å². The predicted octanol–water partition coefficient (Wildman–Crippen LogP) is 18.5. The summed E-state index contributed by atoms with van der Waals surface area (Å²) in [7, 11) is 0. The second-order valence-electron chi connectivity index (χ2n) is 18.1. The van der Waals surface area contributed by atoms with Gasteiger partial charge >= 0.3 is 5.97 Å². The topological polar surface area (TPSA) is 44.8 Å². The minimum Gasteiger partial charge on any atom is -0.463 e. The molecule has 0 N–H and O–H groups in total. The van der Waals surface area contributed by atoms with E-state index in [9.17, 15) is 4.79 Å². The van der Waals surface area contributed by atoms with Crippen LogP contribution in [0.5, 0.6) is 0 Å². The number of rotatable bonds is 51. The molecule has 1 atom stereocenters. The molecule has 0 rings (SSSR count). The van der Waals surface area contributed by atoms with Crippen molar-refractivity contribution in [1.29, 1.82) is 0 Å². The van der Waals surface area contributed by atoms with Crippen molar-refractivity contribution in [2.24, 2.45) is 0 Å². The molecule has 0 aliphatic carbocycles. The highest BCUT2D eigenvalue weighted by atomic mass is 16.6. The number of carbonyl (C=O) groups is 1. The first-order valence-corrected chi connectivity index (χ1v) is 26.9. The highest BCUT2D eigenvalue weighted by Gasteiger charge is 2.13. The number of unbranched alkanes of at least 4 members (excludes halogenated alkanes) is 36. The minimum absolute atomic E-state index is 0.0766. The zero-order valence-corrected chi connectivity index (χ0v) is 40.5. The zero-order valence-electron chi connectivity index (χ0n) is 40.5. The predicted molar refractivity (Wildman–Crippen MR) is 261 cm³/mol. The number of esters is 1. The summed E-state index contributed by atoms with van der Waals surface area (Å²) >= 11 is 0. The van der Waals surface area contributed by atoms with E-state index in [2.05, 4.69) is 45.1 Å². The number of allylic oxidation sites excluding steroid dienone is 4. The van der Waals surface area contributed by atoms with Gasteiger partial charge in [-0.25, -0.2) is 0 Å². The Bertz CT molecular complexity index is 837. The number of ether oxygens (including phenoxy) is 3. The minimum atomic E-state index is -0.164. The first kappa shape index (κ1) is 57.9. The van der Waals surface area contributed by atoms with Crippen LogP contribution < -0.4 is 0 Å². The molecule has 0 saturated carbocycles. The standard InChI is InChI=1S/C55H106O4/c1-4-7-10-13-16-19-22-25-27-29-32-35-38-41-44-47-50-57-52-54(53-59-55(56)49-46-43-40-37-34-31-24-21-18-15-12-9-6-3)58-51-48-45-42-39-36-33-30-28-26-23-20-17-14-11-8-5-2/h25-28,54H,4-24,29-53H2,1-3H3/b27-25-,28-26-. The maximum Gasteiger partial charge on any atom is 0.305 e. The molecule has 0 saturated heterocycles. The van der Waals surface area contributed by atoms with Crippen molar-refractivity contribution in [1.82, 2.24) is 0 Å². The molecule has 0 aromatic carbocycles. The Kier molecular flexibility index (Phi) is 52.0. The van der Waals surface area contributed by atoms with Gasteiger partial charge in [0.2, 0.25) is 0 Å². The quantitative estimate of drug-likeness (QED) is 0.0348. The van der Waals surface area contributed by atoms with E-state index < -0.39 is 0 Å². The summed E-state index contributed by atoms with van der Waals surface area (Å²) in [4.78, 5) is 12.6. The van der Waals surface area contributed by atoms with Crippen molar-refractivity contribution in [2.45, 2.75) is 297 Å². The SMILES string of the molecule is CCCCCCCC/C=C\CCCCCCCCOCC(COC(=O)CCCCCCCCCCCCCCC)OCCCCCCCC/C=C\CCCCCCCC. The summed E-state index contributed by atoms with van der Waals surface area (Å²) in [6, 6.07) is 0. The van der Waals surface area contributed by atoms with E-state index in [1.807, 2.05) is 0 Å². The van der Waals surface area contributed by atoms with Crippen LogP contribution >= 0.6 is 0 Å². The zero-order chi connectivity index (χ0) is 42.6. The van der Waals surface area contributed by atoms with Crippen LogP contribution in [0.1, 0.15) is 290 Å². The van der Waals surface area contributed by atoms with Gasteiger partial charge in [-0.2, -0.15) is 0 Å². The van der Waals surface area contributed by atoms with E-state index in [4.69, 9.17) is 14.2 Å². The summed E-state index contributed by atoms with van der Waals surface area (Å²) in [5.74, 6) is -0.0766. The lowest BCUT2D eigenvalue weighted by Crippen LogP contribution is -2.28. The van der Waals surface area contributed by atoms with E-state index in [-0.39, 0.29) is 12.1 Å². The normalized spacial score (nSPS) is 12.4. The highest BCUT2D eigenvalue weighted by molar-refractivity contribution is 5.69. The Labute approximate surface area is 371 Å². The van der Waals surface area contributed by atoms with Gasteiger partial charge in [0.1, 0.15) is 12.7 Å². The molecule has 0 radical (unpaired) electrons. The van der Waals surface area contributed by atoms with Gasteiger partial charge in [0, 0.05) is 19.6 Å². The molecule has 350 valence electrons. The summed E-state index contributed by atoms with van der Waals surface area (Å²) in [5.41, 5.74) is 0. The summed E-state index contributed by atoms with van der Waals surface area (Å²) < 4.78 is 18.1. The Morgan fingerprint density at radius 1 is 0.356 bits per heavy atom. The van der Waals surface area contributed by atoms with Gasteiger partial charge in [-0.15, -0.1) is 0 Å². The molecule has 0 heterocycles. The molecule has 4 nitrogen and oxygen atoms in total. The van der Waals surface area contributed by atoms with Gasteiger partial charge in [0.25, 0.3) is 0 Å². The molecular weight excluding hydrogens is 725 g/mol. The van der Waals surface area contributed by atoms with E-state index in [0.717, 1.165) is 38.9 Å². The smallest absolute Gasteiger partial charge is 0.305 e. The molecular formula is C55H106O4. The van der Waals surface area contributed by atoms with Crippen molar-refractivity contribution >= 4 is 5.97 Å². The summed E-state index contributed by atoms with van der Waals surface area (Å²) in [6.07, 6.45) is 63.7. The fourth-order valence-electron chi connectivity index (χ4n) is 7.96. The van der Waals surface area contributed by atoms with Crippen LogP contribution in [-0.4, -0.2) is 38.5 Å². The number of hydrogen-bond donors (Lipinski definition) is 0. The average Bonchev–Trinajstić information content (AvgIpc) is 3.24. The van der Waals surface area contributed by atoms with E-state index in [0.29, 0.717) is 19.6 Å². The second kappa shape index (κ2) is 53.0. The molecule has 1 unspecified atom stereocenters. The third-order valence-corrected chi connectivity index (χ3v) is 12.0. The highest BCUT2D eigenvalue weighted by Crippen LogP contribution is 2.15. The van der Waals surface area contributed by atoms with Crippen LogP contribution in [0.4, 0.5) is 0 Å². The van der Waals surface area contributed by atoms with E-state index >= 15 is 0 Å². The first-order valence-electron chi connectivity index (χ1n) is 26.9. The van der Waals surface area contributed by atoms with Crippen molar-refractivity contribution in [3.05, 3.63) is 24.3 Å². The molecule has 0 spiro atoms. The maximum absolute atomic E-state index is 12.6. The van der Waals surface area contributed by atoms with Gasteiger partial charge in [-0.05, 0) is 70.6 Å². The molecule has 0 bridgehead atoms. The summed E-state index contributed by atoms with van der Waals surface area (Å²) in [5, 5.41) is 0. The van der Waals surface area contributed by atoms with Gasteiger partial charge in [0.15, 0.2) is 0 Å². The average molecular weight is 831 g/mol. The molecule has 4 heteroatoms. The van der Waals surface area contributed by atoms with E-state index in [1.54, 1.807) is 0 Å². The largest absolute Gasteiger partial charge is 0.463 e.